The lowest BCUT2D eigenvalue weighted by Gasteiger charge is -2.10. The van der Waals surface area contributed by atoms with E-state index in [1.54, 1.807) is 13.0 Å². The third kappa shape index (κ3) is 3.65. The zero-order valence-corrected chi connectivity index (χ0v) is 14.7. The average molecular weight is 345 g/mol. The SMILES string of the molecule is CCOc1nc(C)[nH]c(=O)c1Cc1ccc(-c2ccccc2C#N)cc1. The van der Waals surface area contributed by atoms with E-state index in [4.69, 9.17) is 4.74 Å². The summed E-state index contributed by atoms with van der Waals surface area (Å²) < 4.78 is 5.53. The number of nitrogens with one attached hydrogen (secondary N) is 1. The number of aryl methyl sites for hydroxylation is 1. The molecule has 0 amide bonds. The molecule has 0 atom stereocenters. The van der Waals surface area contributed by atoms with Crippen molar-refractivity contribution in [3.05, 3.63) is 81.4 Å². The highest BCUT2D eigenvalue weighted by molar-refractivity contribution is 5.70. The summed E-state index contributed by atoms with van der Waals surface area (Å²) in [5.74, 6) is 0.915. The molecule has 0 aliphatic rings. The molecule has 2 aromatic carbocycles. The van der Waals surface area contributed by atoms with Crippen molar-refractivity contribution in [2.45, 2.75) is 20.3 Å². The van der Waals surface area contributed by atoms with Crippen molar-refractivity contribution in [1.82, 2.24) is 9.97 Å². The van der Waals surface area contributed by atoms with Gasteiger partial charge in [0, 0.05) is 6.42 Å². The molecule has 0 radical (unpaired) electrons. The van der Waals surface area contributed by atoms with E-state index in [9.17, 15) is 10.1 Å². The summed E-state index contributed by atoms with van der Waals surface area (Å²) in [7, 11) is 0. The van der Waals surface area contributed by atoms with Crippen LogP contribution in [0, 0.1) is 18.3 Å². The summed E-state index contributed by atoms with van der Waals surface area (Å²) in [6, 6.07) is 17.5. The van der Waals surface area contributed by atoms with E-state index in [0.29, 0.717) is 35.9 Å². The second kappa shape index (κ2) is 7.66. The summed E-state index contributed by atoms with van der Waals surface area (Å²) in [5.41, 5.74) is 3.80. The number of ether oxygens (including phenoxy) is 1. The van der Waals surface area contributed by atoms with Crippen LogP contribution < -0.4 is 10.3 Å². The average Bonchev–Trinajstić information content (AvgIpc) is 2.65. The van der Waals surface area contributed by atoms with Gasteiger partial charge in [0.25, 0.3) is 5.56 Å². The highest BCUT2D eigenvalue weighted by Crippen LogP contribution is 2.24. The molecule has 0 saturated carbocycles. The van der Waals surface area contributed by atoms with Crippen molar-refractivity contribution < 1.29 is 4.74 Å². The number of nitrogens with zero attached hydrogens (tertiary/aromatic N) is 2. The van der Waals surface area contributed by atoms with Gasteiger partial charge in [-0.05, 0) is 36.6 Å². The Morgan fingerprint density at radius 3 is 2.58 bits per heavy atom. The molecule has 1 N–H and O–H groups in total. The third-order valence-electron chi connectivity index (χ3n) is 4.07. The first-order valence-corrected chi connectivity index (χ1v) is 8.43. The van der Waals surface area contributed by atoms with E-state index in [2.05, 4.69) is 16.0 Å². The zero-order chi connectivity index (χ0) is 18.5. The predicted molar refractivity (Wildman–Crippen MR) is 100 cm³/mol. The van der Waals surface area contributed by atoms with Crippen LogP contribution in [0.1, 0.15) is 29.4 Å². The quantitative estimate of drug-likeness (QED) is 0.766. The maximum absolute atomic E-state index is 12.3. The van der Waals surface area contributed by atoms with Crippen LogP contribution in [0.3, 0.4) is 0 Å². The van der Waals surface area contributed by atoms with Gasteiger partial charge in [0.2, 0.25) is 5.88 Å². The van der Waals surface area contributed by atoms with Crippen molar-refractivity contribution in [3.8, 4) is 23.1 Å². The lowest BCUT2D eigenvalue weighted by molar-refractivity contribution is 0.321. The third-order valence-corrected chi connectivity index (χ3v) is 4.07. The number of hydrogen-bond acceptors (Lipinski definition) is 4. The van der Waals surface area contributed by atoms with Gasteiger partial charge in [0.1, 0.15) is 5.82 Å². The van der Waals surface area contributed by atoms with Gasteiger partial charge in [-0.25, -0.2) is 4.98 Å². The fourth-order valence-electron chi connectivity index (χ4n) is 2.84. The van der Waals surface area contributed by atoms with E-state index < -0.39 is 0 Å². The lowest BCUT2D eigenvalue weighted by Crippen LogP contribution is -2.18. The standard InChI is InChI=1S/C21H19N3O2/c1-3-26-21-19(20(25)23-14(2)24-21)12-15-8-10-16(11-9-15)18-7-5-4-6-17(18)13-22/h4-11H,3,12H2,1-2H3,(H,23,24,25). The Labute approximate surface area is 151 Å². The Hall–Kier alpha value is -3.39. The smallest absolute Gasteiger partial charge is 0.258 e. The van der Waals surface area contributed by atoms with E-state index in [1.807, 2.05) is 49.4 Å². The minimum atomic E-state index is -0.181. The van der Waals surface area contributed by atoms with Crippen LogP contribution in [0.15, 0.2) is 53.3 Å². The minimum absolute atomic E-state index is 0.181. The number of hydrogen-bond donors (Lipinski definition) is 1. The van der Waals surface area contributed by atoms with E-state index in [0.717, 1.165) is 16.7 Å². The molecule has 0 saturated heterocycles. The molecule has 3 aromatic rings. The molecule has 0 fully saturated rings. The molecule has 5 nitrogen and oxygen atoms in total. The molecule has 130 valence electrons. The molecule has 0 bridgehead atoms. The molecule has 0 aliphatic carbocycles. The highest BCUT2D eigenvalue weighted by Gasteiger charge is 2.13. The Kier molecular flexibility index (Phi) is 5.14. The van der Waals surface area contributed by atoms with Crippen LogP contribution in [0.4, 0.5) is 0 Å². The predicted octanol–water partition coefficient (Wildman–Crippen LogP) is 3.61. The van der Waals surface area contributed by atoms with Crippen LogP contribution in [-0.4, -0.2) is 16.6 Å². The van der Waals surface area contributed by atoms with Crippen molar-refractivity contribution in [2.24, 2.45) is 0 Å². The minimum Gasteiger partial charge on any atom is -0.478 e. The summed E-state index contributed by atoms with van der Waals surface area (Å²) in [5, 5.41) is 9.25. The Balaban J connectivity index is 1.92. The summed E-state index contributed by atoms with van der Waals surface area (Å²) in [6.07, 6.45) is 0.429. The fraction of sp³-hybridized carbons (Fsp3) is 0.190. The molecule has 0 aliphatic heterocycles. The first-order chi connectivity index (χ1) is 12.6. The van der Waals surface area contributed by atoms with E-state index in [1.165, 1.54) is 0 Å². The van der Waals surface area contributed by atoms with Gasteiger partial charge in [-0.15, -0.1) is 0 Å². The van der Waals surface area contributed by atoms with E-state index in [-0.39, 0.29) is 5.56 Å². The van der Waals surface area contributed by atoms with Crippen LogP contribution in [0.2, 0.25) is 0 Å². The highest BCUT2D eigenvalue weighted by atomic mass is 16.5. The summed E-state index contributed by atoms with van der Waals surface area (Å²) >= 11 is 0. The summed E-state index contributed by atoms with van der Waals surface area (Å²) in [6.45, 7) is 4.05. The van der Waals surface area contributed by atoms with Crippen molar-refractivity contribution in [1.29, 1.82) is 5.26 Å². The molecule has 1 heterocycles. The molecule has 26 heavy (non-hydrogen) atoms. The molecular weight excluding hydrogens is 326 g/mol. The lowest BCUT2D eigenvalue weighted by atomic mass is 9.98. The van der Waals surface area contributed by atoms with Crippen molar-refractivity contribution in [2.75, 3.05) is 6.61 Å². The van der Waals surface area contributed by atoms with Gasteiger partial charge < -0.3 is 9.72 Å². The maximum Gasteiger partial charge on any atom is 0.258 e. The Morgan fingerprint density at radius 1 is 1.15 bits per heavy atom. The largest absolute Gasteiger partial charge is 0.478 e. The van der Waals surface area contributed by atoms with Gasteiger partial charge in [-0.2, -0.15) is 5.26 Å². The number of aromatic amines is 1. The Bertz CT molecular complexity index is 1010. The fourth-order valence-corrected chi connectivity index (χ4v) is 2.84. The molecular formula is C21H19N3O2. The van der Waals surface area contributed by atoms with Crippen molar-refractivity contribution >= 4 is 0 Å². The molecule has 0 unspecified atom stereocenters. The molecule has 0 spiro atoms. The number of nitriles is 1. The Morgan fingerprint density at radius 2 is 1.88 bits per heavy atom. The first kappa shape index (κ1) is 17.4. The number of aromatic nitrogens is 2. The molecule has 1 aromatic heterocycles. The van der Waals surface area contributed by atoms with Crippen LogP contribution in [0.5, 0.6) is 5.88 Å². The van der Waals surface area contributed by atoms with Gasteiger partial charge in [0.15, 0.2) is 0 Å². The molecule has 3 rings (SSSR count). The second-order valence-electron chi connectivity index (χ2n) is 5.90. The van der Waals surface area contributed by atoms with Crippen LogP contribution in [0.25, 0.3) is 11.1 Å². The van der Waals surface area contributed by atoms with Gasteiger partial charge >= 0.3 is 0 Å². The normalized spacial score (nSPS) is 10.3. The van der Waals surface area contributed by atoms with Crippen LogP contribution >= 0.6 is 0 Å². The second-order valence-corrected chi connectivity index (χ2v) is 5.90. The van der Waals surface area contributed by atoms with Gasteiger partial charge in [0.05, 0.1) is 23.8 Å². The number of benzene rings is 2. The maximum atomic E-state index is 12.3. The first-order valence-electron chi connectivity index (χ1n) is 8.43. The van der Waals surface area contributed by atoms with Crippen LogP contribution in [-0.2, 0) is 6.42 Å². The summed E-state index contributed by atoms with van der Waals surface area (Å²) in [4.78, 5) is 19.3. The number of H-pyrrole nitrogens is 1. The van der Waals surface area contributed by atoms with Crippen molar-refractivity contribution in [3.63, 3.8) is 0 Å². The zero-order valence-electron chi connectivity index (χ0n) is 14.7. The topological polar surface area (TPSA) is 78.8 Å². The monoisotopic (exact) mass is 345 g/mol. The number of rotatable bonds is 5. The van der Waals surface area contributed by atoms with Gasteiger partial charge in [-0.3, -0.25) is 4.79 Å². The molecule has 5 heteroatoms. The van der Waals surface area contributed by atoms with E-state index >= 15 is 0 Å². The van der Waals surface area contributed by atoms with Gasteiger partial charge in [-0.1, -0.05) is 42.5 Å².